The van der Waals surface area contributed by atoms with Gasteiger partial charge in [0.05, 0.1) is 6.10 Å². The Morgan fingerprint density at radius 1 is 1.00 bits per heavy atom. The molecule has 160 valence electrons. The lowest BCUT2D eigenvalue weighted by molar-refractivity contribution is -0.0508. The molecule has 0 bridgehead atoms. The van der Waals surface area contributed by atoms with Crippen LogP contribution in [0.15, 0.2) is 11.6 Å². The van der Waals surface area contributed by atoms with Crippen LogP contribution in [-0.4, -0.2) is 11.2 Å². The average molecular weight is 387 g/mol. The predicted octanol–water partition coefficient (Wildman–Crippen LogP) is 7.53. The fraction of sp³-hybridized carbons (Fsp3) is 0.926. The first-order chi connectivity index (χ1) is 13.3. The normalized spacial score (nSPS) is 45.4. The van der Waals surface area contributed by atoms with Crippen LogP contribution in [0.2, 0.25) is 0 Å². The molecule has 28 heavy (non-hydrogen) atoms. The van der Waals surface area contributed by atoms with Gasteiger partial charge in [-0.15, -0.1) is 0 Å². The van der Waals surface area contributed by atoms with Gasteiger partial charge in [-0.3, -0.25) is 0 Å². The van der Waals surface area contributed by atoms with Gasteiger partial charge in [-0.1, -0.05) is 65.0 Å². The van der Waals surface area contributed by atoms with E-state index in [2.05, 4.69) is 33.8 Å². The zero-order valence-corrected chi connectivity index (χ0v) is 19.2. The molecule has 0 aromatic heterocycles. The van der Waals surface area contributed by atoms with Crippen LogP contribution in [0.4, 0.5) is 0 Å². The topological polar surface area (TPSA) is 20.2 Å². The van der Waals surface area contributed by atoms with Gasteiger partial charge in [-0.05, 0) is 98.2 Å². The van der Waals surface area contributed by atoms with Crippen molar-refractivity contribution in [2.75, 3.05) is 0 Å². The van der Waals surface area contributed by atoms with Gasteiger partial charge in [0.2, 0.25) is 0 Å². The van der Waals surface area contributed by atoms with Gasteiger partial charge in [0.1, 0.15) is 0 Å². The first-order valence-corrected chi connectivity index (χ1v) is 12.7. The Labute approximate surface area is 174 Å². The third-order valence-electron chi connectivity index (χ3n) is 10.1. The van der Waals surface area contributed by atoms with Crippen LogP contribution in [0.3, 0.4) is 0 Å². The number of aliphatic hydroxyl groups is 1. The molecule has 0 aromatic carbocycles. The van der Waals surface area contributed by atoms with Crippen LogP contribution in [0.5, 0.6) is 0 Å². The Morgan fingerprint density at radius 3 is 2.61 bits per heavy atom. The minimum atomic E-state index is -0.0729. The summed E-state index contributed by atoms with van der Waals surface area (Å²) in [5.74, 6) is 4.64. The zero-order chi connectivity index (χ0) is 19.9. The van der Waals surface area contributed by atoms with E-state index in [1.54, 1.807) is 5.57 Å². The van der Waals surface area contributed by atoms with Crippen molar-refractivity contribution >= 4 is 0 Å². The quantitative estimate of drug-likeness (QED) is 0.369. The largest absolute Gasteiger partial charge is 0.393 e. The summed E-state index contributed by atoms with van der Waals surface area (Å²) >= 11 is 0. The minimum absolute atomic E-state index is 0.0729. The molecule has 7 atom stereocenters. The molecule has 3 saturated carbocycles. The maximum Gasteiger partial charge on any atom is 0.0577 e. The lowest BCUT2D eigenvalue weighted by Gasteiger charge is -2.58. The standard InChI is InChI=1S/C27H46O/c1-19(2)8-6-5-7-9-20-11-13-24-23-12-10-21-18-22(28)14-16-27(21,4)25(23)15-17-26(20,24)3/h10,19-20,22-25,28H,5-9,11-18H2,1-4H3/t20-,22-,23?,24?,25?,26+,27-/m0/s1. The Bertz CT molecular complexity index is 577. The molecule has 4 aliphatic rings. The Balaban J connectivity index is 1.41. The first-order valence-electron chi connectivity index (χ1n) is 12.7. The second-order valence-electron chi connectivity index (χ2n) is 12.0. The van der Waals surface area contributed by atoms with E-state index < -0.39 is 0 Å². The molecule has 0 radical (unpaired) electrons. The number of allylic oxidation sites excluding steroid dienone is 1. The number of unbranched alkanes of at least 4 members (excludes halogenated alkanes) is 2. The highest BCUT2D eigenvalue weighted by Gasteiger charge is 2.58. The van der Waals surface area contributed by atoms with Gasteiger partial charge >= 0.3 is 0 Å². The van der Waals surface area contributed by atoms with Crippen molar-refractivity contribution in [3.63, 3.8) is 0 Å². The van der Waals surface area contributed by atoms with Crippen LogP contribution < -0.4 is 0 Å². The second-order valence-corrected chi connectivity index (χ2v) is 12.0. The van der Waals surface area contributed by atoms with Crippen molar-refractivity contribution in [1.29, 1.82) is 0 Å². The highest BCUT2D eigenvalue weighted by molar-refractivity contribution is 5.25. The van der Waals surface area contributed by atoms with E-state index in [1.807, 2.05) is 0 Å². The molecule has 0 aliphatic heterocycles. The van der Waals surface area contributed by atoms with Gasteiger partial charge in [-0.2, -0.15) is 0 Å². The van der Waals surface area contributed by atoms with E-state index in [-0.39, 0.29) is 6.10 Å². The summed E-state index contributed by atoms with van der Waals surface area (Å²) in [6.45, 7) is 9.97. The molecular formula is C27H46O. The molecule has 3 fully saturated rings. The van der Waals surface area contributed by atoms with E-state index in [0.29, 0.717) is 10.8 Å². The molecule has 1 nitrogen and oxygen atoms in total. The zero-order valence-electron chi connectivity index (χ0n) is 19.2. The molecule has 0 heterocycles. The van der Waals surface area contributed by atoms with Crippen molar-refractivity contribution in [3.05, 3.63) is 11.6 Å². The number of hydrogen-bond donors (Lipinski definition) is 1. The lowest BCUT2D eigenvalue weighted by atomic mass is 9.47. The van der Waals surface area contributed by atoms with Gasteiger partial charge in [-0.25, -0.2) is 0 Å². The van der Waals surface area contributed by atoms with E-state index in [0.717, 1.165) is 42.4 Å². The molecule has 1 N–H and O–H groups in total. The maximum absolute atomic E-state index is 10.2. The number of fused-ring (bicyclic) bond motifs is 5. The lowest BCUT2D eigenvalue weighted by Crippen LogP contribution is -2.50. The van der Waals surface area contributed by atoms with E-state index in [1.165, 1.54) is 70.6 Å². The van der Waals surface area contributed by atoms with Gasteiger partial charge in [0.15, 0.2) is 0 Å². The highest BCUT2D eigenvalue weighted by Crippen LogP contribution is 2.66. The summed E-state index contributed by atoms with van der Waals surface area (Å²) < 4.78 is 0. The van der Waals surface area contributed by atoms with E-state index >= 15 is 0 Å². The molecule has 0 amide bonds. The summed E-state index contributed by atoms with van der Waals surface area (Å²) in [7, 11) is 0. The van der Waals surface area contributed by atoms with Crippen LogP contribution in [0, 0.1) is 40.4 Å². The third kappa shape index (κ3) is 3.63. The number of hydrogen-bond acceptors (Lipinski definition) is 1. The Kier molecular flexibility index (Phi) is 6.05. The van der Waals surface area contributed by atoms with Crippen LogP contribution >= 0.6 is 0 Å². The number of aliphatic hydroxyl groups excluding tert-OH is 1. The van der Waals surface area contributed by atoms with Crippen molar-refractivity contribution in [3.8, 4) is 0 Å². The van der Waals surface area contributed by atoms with Crippen molar-refractivity contribution < 1.29 is 5.11 Å². The van der Waals surface area contributed by atoms with Gasteiger partial charge in [0.25, 0.3) is 0 Å². The summed E-state index contributed by atoms with van der Waals surface area (Å²) in [5.41, 5.74) is 2.64. The van der Waals surface area contributed by atoms with Crippen LogP contribution in [0.25, 0.3) is 0 Å². The smallest absolute Gasteiger partial charge is 0.0577 e. The number of rotatable bonds is 6. The van der Waals surface area contributed by atoms with E-state index in [4.69, 9.17) is 0 Å². The molecule has 4 rings (SSSR count). The molecular weight excluding hydrogens is 340 g/mol. The van der Waals surface area contributed by atoms with Crippen molar-refractivity contribution in [2.45, 2.75) is 117 Å². The third-order valence-corrected chi connectivity index (χ3v) is 10.1. The fourth-order valence-electron chi connectivity index (χ4n) is 8.34. The molecule has 1 heteroatoms. The molecule has 0 spiro atoms. The summed E-state index contributed by atoms with van der Waals surface area (Å²) in [6.07, 6.45) is 20.2. The Hall–Kier alpha value is -0.300. The monoisotopic (exact) mass is 386 g/mol. The summed E-state index contributed by atoms with van der Waals surface area (Å²) in [6, 6.07) is 0. The van der Waals surface area contributed by atoms with Crippen molar-refractivity contribution in [2.24, 2.45) is 40.4 Å². The van der Waals surface area contributed by atoms with E-state index in [9.17, 15) is 5.11 Å². The van der Waals surface area contributed by atoms with Crippen LogP contribution in [0.1, 0.15) is 111 Å². The minimum Gasteiger partial charge on any atom is -0.393 e. The SMILES string of the molecule is CC(C)CCCCC[C@H]1CCC2C3CC=C4C[C@@H](O)CC[C@]4(C)C3CC[C@@]21C. The Morgan fingerprint density at radius 2 is 1.82 bits per heavy atom. The highest BCUT2D eigenvalue weighted by atomic mass is 16.3. The maximum atomic E-state index is 10.2. The van der Waals surface area contributed by atoms with Crippen LogP contribution in [-0.2, 0) is 0 Å². The van der Waals surface area contributed by atoms with Gasteiger partial charge in [0, 0.05) is 0 Å². The average Bonchev–Trinajstić information content (AvgIpc) is 2.98. The molecule has 4 aliphatic carbocycles. The molecule has 0 aromatic rings. The fourth-order valence-corrected chi connectivity index (χ4v) is 8.34. The second kappa shape index (κ2) is 8.09. The van der Waals surface area contributed by atoms with Gasteiger partial charge < -0.3 is 5.11 Å². The summed E-state index contributed by atoms with van der Waals surface area (Å²) in [5, 5.41) is 10.2. The molecule has 3 unspecified atom stereocenters. The molecule has 0 saturated heterocycles. The first kappa shape index (κ1) is 21.0. The van der Waals surface area contributed by atoms with Crippen molar-refractivity contribution in [1.82, 2.24) is 0 Å². The predicted molar refractivity (Wildman–Crippen MR) is 119 cm³/mol. The summed E-state index contributed by atoms with van der Waals surface area (Å²) in [4.78, 5) is 0.